The summed E-state index contributed by atoms with van der Waals surface area (Å²) >= 11 is 6.04. The van der Waals surface area contributed by atoms with E-state index in [9.17, 15) is 9.18 Å². The minimum Gasteiger partial charge on any atom is -0.370 e. The molecule has 1 aromatic carbocycles. The van der Waals surface area contributed by atoms with E-state index in [-0.39, 0.29) is 11.5 Å². The number of carbonyl (C=O) groups excluding carboxylic acids is 1. The number of hydrogen-bond acceptors (Lipinski definition) is 8. The van der Waals surface area contributed by atoms with Crippen molar-refractivity contribution in [3.8, 4) is 11.3 Å². The number of benzene rings is 1. The van der Waals surface area contributed by atoms with Crippen molar-refractivity contribution in [2.24, 2.45) is 0 Å². The van der Waals surface area contributed by atoms with Crippen molar-refractivity contribution in [3.05, 3.63) is 53.4 Å². The summed E-state index contributed by atoms with van der Waals surface area (Å²) in [6.07, 6.45) is 9.50. The number of likely N-dealkylation sites (N-methyl/N-ethyl adjacent to an activating group) is 1. The second-order valence-corrected chi connectivity index (χ2v) is 10.6. The van der Waals surface area contributed by atoms with Crippen LogP contribution < -0.4 is 16.0 Å². The molecule has 2 fully saturated rings. The number of rotatable bonds is 8. The standard InChI is InChI=1S/C24H28ClFN8O.C5H10/c1-27-24-21(15-20(31-32-24)18-13-16(25)3-4-19(18)26)29-17-5-7-28-22(14-17)30-23(35)6-8-34-11-9-33(2)10-12-34;1-2-4-5-3-1/h3-5,7,13-15H,6,8-12H2,1-2H3,(H,27,32)(H2,28,29,30,31,35);1-5H2. The van der Waals surface area contributed by atoms with Gasteiger partial charge in [-0.3, -0.25) is 4.79 Å². The van der Waals surface area contributed by atoms with E-state index in [0.29, 0.717) is 46.7 Å². The van der Waals surface area contributed by atoms with Crippen LogP contribution in [0.3, 0.4) is 0 Å². The highest BCUT2D eigenvalue weighted by Gasteiger charge is 2.16. The van der Waals surface area contributed by atoms with Crippen LogP contribution in [0.2, 0.25) is 5.02 Å². The molecule has 1 amide bonds. The molecule has 1 aliphatic heterocycles. The number of amides is 1. The first-order chi connectivity index (χ1) is 19.4. The van der Waals surface area contributed by atoms with Crippen LogP contribution in [0.5, 0.6) is 0 Å². The Morgan fingerprint density at radius 1 is 1.00 bits per heavy atom. The second-order valence-electron chi connectivity index (χ2n) is 10.1. The largest absolute Gasteiger partial charge is 0.370 e. The fraction of sp³-hybridized carbons (Fsp3) is 0.448. The number of nitrogens with one attached hydrogen (secondary N) is 3. The van der Waals surface area contributed by atoms with Gasteiger partial charge < -0.3 is 25.8 Å². The molecule has 9 nitrogen and oxygen atoms in total. The maximum absolute atomic E-state index is 14.4. The molecule has 0 atom stereocenters. The van der Waals surface area contributed by atoms with Crippen molar-refractivity contribution >= 4 is 40.5 Å². The summed E-state index contributed by atoms with van der Waals surface area (Å²) in [5.41, 5.74) is 1.84. The summed E-state index contributed by atoms with van der Waals surface area (Å²) in [4.78, 5) is 21.3. The zero-order valence-electron chi connectivity index (χ0n) is 23.2. The number of nitrogens with zero attached hydrogens (tertiary/aromatic N) is 5. The number of pyridine rings is 1. The van der Waals surface area contributed by atoms with Gasteiger partial charge in [0.25, 0.3) is 0 Å². The van der Waals surface area contributed by atoms with E-state index in [0.717, 1.165) is 26.2 Å². The quantitative estimate of drug-likeness (QED) is 0.321. The fourth-order valence-electron chi connectivity index (χ4n) is 4.65. The van der Waals surface area contributed by atoms with Crippen molar-refractivity contribution in [2.45, 2.75) is 38.5 Å². The van der Waals surface area contributed by atoms with Crippen molar-refractivity contribution < 1.29 is 9.18 Å². The van der Waals surface area contributed by atoms with Gasteiger partial charge in [-0.25, -0.2) is 9.37 Å². The Balaban J connectivity index is 0.000000666. The molecule has 5 rings (SSSR count). The third kappa shape index (κ3) is 8.84. The minimum atomic E-state index is -0.447. The first kappa shape index (κ1) is 29.6. The van der Waals surface area contributed by atoms with Gasteiger partial charge in [-0.2, -0.15) is 0 Å². The van der Waals surface area contributed by atoms with Crippen LogP contribution >= 0.6 is 11.6 Å². The normalized spacial score (nSPS) is 15.7. The maximum Gasteiger partial charge on any atom is 0.226 e. The predicted octanol–water partition coefficient (Wildman–Crippen LogP) is 5.64. The Morgan fingerprint density at radius 3 is 2.42 bits per heavy atom. The van der Waals surface area contributed by atoms with Crippen LogP contribution in [0.4, 0.5) is 27.4 Å². The fourth-order valence-corrected chi connectivity index (χ4v) is 4.82. The lowest BCUT2D eigenvalue weighted by atomic mass is 10.1. The number of aromatic nitrogens is 3. The smallest absolute Gasteiger partial charge is 0.226 e. The number of halogens is 2. The zero-order chi connectivity index (χ0) is 28.3. The lowest BCUT2D eigenvalue weighted by Gasteiger charge is -2.32. The number of anilines is 4. The molecule has 3 heterocycles. The lowest BCUT2D eigenvalue weighted by molar-refractivity contribution is -0.116. The Morgan fingerprint density at radius 2 is 1.73 bits per heavy atom. The van der Waals surface area contributed by atoms with Gasteiger partial charge in [0.05, 0.1) is 11.4 Å². The molecule has 0 unspecified atom stereocenters. The Hall–Kier alpha value is -3.34. The van der Waals surface area contributed by atoms with Crippen LogP contribution in [-0.2, 0) is 4.79 Å². The van der Waals surface area contributed by atoms with Gasteiger partial charge in [0.15, 0.2) is 5.82 Å². The van der Waals surface area contributed by atoms with Gasteiger partial charge in [-0.15, -0.1) is 10.2 Å². The summed E-state index contributed by atoms with van der Waals surface area (Å²) in [7, 11) is 3.82. The third-order valence-electron chi connectivity index (χ3n) is 7.04. The monoisotopic (exact) mass is 568 g/mol. The van der Waals surface area contributed by atoms with Gasteiger partial charge in [-0.1, -0.05) is 43.7 Å². The topological polar surface area (TPSA) is 98.3 Å². The average Bonchev–Trinajstić information content (AvgIpc) is 3.55. The maximum atomic E-state index is 14.4. The third-order valence-corrected chi connectivity index (χ3v) is 7.28. The molecule has 3 aromatic rings. The number of piperazine rings is 1. The highest BCUT2D eigenvalue weighted by atomic mass is 35.5. The summed E-state index contributed by atoms with van der Waals surface area (Å²) in [5, 5.41) is 17.8. The first-order valence-corrected chi connectivity index (χ1v) is 14.2. The number of carbonyl (C=O) groups is 1. The molecule has 40 heavy (non-hydrogen) atoms. The molecule has 0 spiro atoms. The van der Waals surface area contributed by atoms with Crippen LogP contribution in [0.25, 0.3) is 11.3 Å². The van der Waals surface area contributed by atoms with E-state index in [4.69, 9.17) is 11.6 Å². The molecule has 11 heteroatoms. The summed E-state index contributed by atoms with van der Waals surface area (Å²) in [5.74, 6) is 0.379. The van der Waals surface area contributed by atoms with Gasteiger partial charge in [0, 0.05) is 74.7 Å². The summed E-state index contributed by atoms with van der Waals surface area (Å²) in [6.45, 7) is 4.68. The highest BCUT2D eigenvalue weighted by Crippen LogP contribution is 2.30. The van der Waals surface area contributed by atoms with Crippen LogP contribution in [0, 0.1) is 5.82 Å². The van der Waals surface area contributed by atoms with Crippen LogP contribution in [-0.4, -0.2) is 77.7 Å². The SMILES string of the molecule is C1CCCC1.CNc1nnc(-c2cc(Cl)ccc2F)cc1Nc1ccnc(NC(=O)CCN2CCN(C)CC2)c1. The Kier molecular flexibility index (Phi) is 11.0. The lowest BCUT2D eigenvalue weighted by Crippen LogP contribution is -2.45. The molecule has 2 aliphatic rings. The molecular weight excluding hydrogens is 531 g/mol. The molecule has 1 saturated heterocycles. The van der Waals surface area contributed by atoms with Gasteiger partial charge in [0.1, 0.15) is 11.6 Å². The summed E-state index contributed by atoms with van der Waals surface area (Å²) in [6, 6.07) is 9.45. The Bertz CT molecular complexity index is 1260. The molecular formula is C29H38ClFN8O. The van der Waals surface area contributed by atoms with Gasteiger partial charge >= 0.3 is 0 Å². The molecule has 2 aromatic heterocycles. The first-order valence-electron chi connectivity index (χ1n) is 13.9. The molecule has 214 valence electrons. The molecule has 1 aliphatic carbocycles. The van der Waals surface area contributed by atoms with Crippen molar-refractivity contribution in [2.75, 3.05) is 62.8 Å². The van der Waals surface area contributed by atoms with E-state index in [1.807, 2.05) is 0 Å². The second kappa shape index (κ2) is 14.9. The summed E-state index contributed by atoms with van der Waals surface area (Å²) < 4.78 is 14.4. The minimum absolute atomic E-state index is 0.0891. The molecule has 3 N–H and O–H groups in total. The van der Waals surface area contributed by atoms with E-state index < -0.39 is 5.82 Å². The van der Waals surface area contributed by atoms with Crippen LogP contribution in [0.1, 0.15) is 38.5 Å². The highest BCUT2D eigenvalue weighted by molar-refractivity contribution is 6.30. The molecule has 0 bridgehead atoms. The van der Waals surface area contributed by atoms with Crippen molar-refractivity contribution in [3.63, 3.8) is 0 Å². The Labute approximate surface area is 240 Å². The van der Waals surface area contributed by atoms with Gasteiger partial charge in [0.2, 0.25) is 5.91 Å². The number of hydrogen-bond donors (Lipinski definition) is 3. The van der Waals surface area contributed by atoms with E-state index in [2.05, 4.69) is 48.0 Å². The van der Waals surface area contributed by atoms with E-state index in [1.54, 1.807) is 31.4 Å². The predicted molar refractivity (Wildman–Crippen MR) is 160 cm³/mol. The van der Waals surface area contributed by atoms with E-state index >= 15 is 0 Å². The van der Waals surface area contributed by atoms with Crippen molar-refractivity contribution in [1.29, 1.82) is 0 Å². The van der Waals surface area contributed by atoms with Crippen molar-refractivity contribution in [1.82, 2.24) is 25.0 Å². The van der Waals surface area contributed by atoms with E-state index in [1.165, 1.54) is 50.3 Å². The average molecular weight is 569 g/mol. The van der Waals surface area contributed by atoms with Crippen LogP contribution in [0.15, 0.2) is 42.6 Å². The molecule has 0 radical (unpaired) electrons. The van der Waals surface area contributed by atoms with Gasteiger partial charge in [-0.05, 0) is 37.4 Å². The molecule has 1 saturated carbocycles. The zero-order valence-corrected chi connectivity index (χ0v) is 24.0.